The van der Waals surface area contributed by atoms with Crippen molar-refractivity contribution in [3.05, 3.63) is 48.3 Å². The lowest BCUT2D eigenvalue weighted by atomic mass is 10.0. The molecule has 0 aliphatic carbocycles. The zero-order valence-electron chi connectivity index (χ0n) is 12.0. The summed E-state index contributed by atoms with van der Waals surface area (Å²) in [6.45, 7) is 4.91. The van der Waals surface area contributed by atoms with E-state index in [4.69, 9.17) is 4.74 Å². The van der Waals surface area contributed by atoms with Crippen molar-refractivity contribution >= 4 is 43.2 Å². The Morgan fingerprint density at radius 3 is 2.57 bits per heavy atom. The minimum absolute atomic E-state index is 0.0307. The molecule has 1 aromatic carbocycles. The molecule has 0 spiro atoms. The highest BCUT2D eigenvalue weighted by Crippen LogP contribution is 2.39. The van der Waals surface area contributed by atoms with Crippen LogP contribution in [0.5, 0.6) is 5.75 Å². The summed E-state index contributed by atoms with van der Waals surface area (Å²) < 4.78 is 20.6. The van der Waals surface area contributed by atoms with Crippen molar-refractivity contribution in [3.8, 4) is 5.75 Å². The number of benzene rings is 1. The van der Waals surface area contributed by atoms with E-state index in [1.165, 1.54) is 11.6 Å². The van der Waals surface area contributed by atoms with E-state index in [1.807, 2.05) is 6.92 Å². The van der Waals surface area contributed by atoms with Crippen LogP contribution in [0.4, 0.5) is 4.39 Å². The molecule has 0 radical (unpaired) electrons. The molecule has 1 atom stereocenters. The second-order valence-electron chi connectivity index (χ2n) is 4.60. The summed E-state index contributed by atoms with van der Waals surface area (Å²) in [5.74, 6) is 0.221. The molecule has 0 amide bonds. The predicted octanol–water partition coefficient (Wildman–Crippen LogP) is 5.43. The third kappa shape index (κ3) is 3.67. The van der Waals surface area contributed by atoms with Gasteiger partial charge in [0.15, 0.2) is 0 Å². The first-order chi connectivity index (χ1) is 9.97. The summed E-state index contributed by atoms with van der Waals surface area (Å²) in [7, 11) is 1.56. The Kier molecular flexibility index (Phi) is 5.82. The lowest BCUT2D eigenvalue weighted by Gasteiger charge is -2.20. The summed E-state index contributed by atoms with van der Waals surface area (Å²) in [4.78, 5) is 1.16. The molecule has 0 saturated carbocycles. The largest absolute Gasteiger partial charge is 0.496 e. The van der Waals surface area contributed by atoms with Gasteiger partial charge in [-0.1, -0.05) is 6.92 Å². The Hall–Kier alpha value is -0.430. The first-order valence-electron chi connectivity index (χ1n) is 6.50. The molecule has 0 bridgehead atoms. The number of aryl methyl sites for hydroxylation is 1. The van der Waals surface area contributed by atoms with Crippen LogP contribution in [0.3, 0.4) is 0 Å². The molecular weight excluding hydrogens is 421 g/mol. The third-order valence-electron chi connectivity index (χ3n) is 3.15. The summed E-state index contributed by atoms with van der Waals surface area (Å²) in [5, 5.41) is 3.44. The van der Waals surface area contributed by atoms with Crippen LogP contribution in [0, 0.1) is 12.7 Å². The molecule has 6 heteroatoms. The molecule has 1 aromatic heterocycles. The molecular formula is C15H16Br2FNOS. The van der Waals surface area contributed by atoms with E-state index in [2.05, 4.69) is 50.2 Å². The van der Waals surface area contributed by atoms with Gasteiger partial charge in [-0.25, -0.2) is 4.39 Å². The van der Waals surface area contributed by atoms with Gasteiger partial charge in [0.1, 0.15) is 11.6 Å². The summed E-state index contributed by atoms with van der Waals surface area (Å²) in [5.41, 5.74) is 2.11. The Morgan fingerprint density at radius 2 is 2.05 bits per heavy atom. The van der Waals surface area contributed by atoms with Crippen molar-refractivity contribution in [2.24, 2.45) is 0 Å². The van der Waals surface area contributed by atoms with Crippen LogP contribution < -0.4 is 10.1 Å². The maximum atomic E-state index is 13.7. The molecule has 2 rings (SSSR count). The highest BCUT2D eigenvalue weighted by molar-refractivity contribution is 9.11. The van der Waals surface area contributed by atoms with Crippen molar-refractivity contribution in [3.63, 3.8) is 0 Å². The van der Waals surface area contributed by atoms with Crippen LogP contribution in [0.1, 0.15) is 29.0 Å². The van der Waals surface area contributed by atoms with Crippen LogP contribution in [0.15, 0.2) is 26.5 Å². The van der Waals surface area contributed by atoms with Gasteiger partial charge in [-0.15, -0.1) is 11.3 Å². The van der Waals surface area contributed by atoms with E-state index in [1.54, 1.807) is 24.5 Å². The van der Waals surface area contributed by atoms with E-state index in [9.17, 15) is 4.39 Å². The Morgan fingerprint density at radius 1 is 1.33 bits per heavy atom. The number of hydrogen-bond donors (Lipinski definition) is 1. The van der Waals surface area contributed by atoms with E-state index in [0.717, 1.165) is 20.8 Å². The Bertz CT molecular complexity index is 625. The first kappa shape index (κ1) is 16.9. The van der Waals surface area contributed by atoms with Gasteiger partial charge in [-0.2, -0.15) is 0 Å². The Balaban J connectivity index is 2.54. The molecule has 2 aromatic rings. The Labute approximate surface area is 145 Å². The number of halogens is 3. The van der Waals surface area contributed by atoms with Gasteiger partial charge in [-0.05, 0) is 63.0 Å². The highest BCUT2D eigenvalue weighted by Gasteiger charge is 2.22. The van der Waals surface area contributed by atoms with Gasteiger partial charge in [0.2, 0.25) is 0 Å². The van der Waals surface area contributed by atoms with Gasteiger partial charge < -0.3 is 10.1 Å². The fourth-order valence-corrected chi connectivity index (χ4v) is 4.17. The number of rotatable bonds is 5. The molecule has 2 nitrogen and oxygen atoms in total. The van der Waals surface area contributed by atoms with Gasteiger partial charge in [-0.3, -0.25) is 0 Å². The lowest BCUT2D eigenvalue weighted by Crippen LogP contribution is -2.21. The van der Waals surface area contributed by atoms with Gasteiger partial charge in [0.25, 0.3) is 0 Å². The zero-order chi connectivity index (χ0) is 15.6. The molecule has 0 aliphatic heterocycles. The van der Waals surface area contributed by atoms with Crippen LogP contribution in [0.25, 0.3) is 0 Å². The van der Waals surface area contributed by atoms with Crippen molar-refractivity contribution in [2.45, 2.75) is 19.9 Å². The van der Waals surface area contributed by atoms with E-state index in [-0.39, 0.29) is 11.9 Å². The molecule has 1 N–H and O–H groups in total. The fourth-order valence-electron chi connectivity index (χ4n) is 2.14. The summed E-state index contributed by atoms with van der Waals surface area (Å²) in [6.07, 6.45) is 0. The van der Waals surface area contributed by atoms with E-state index in [0.29, 0.717) is 10.2 Å². The smallest absolute Gasteiger partial charge is 0.141 e. The minimum Gasteiger partial charge on any atom is -0.496 e. The van der Waals surface area contributed by atoms with Crippen LogP contribution in [0.2, 0.25) is 0 Å². The maximum Gasteiger partial charge on any atom is 0.141 e. The molecule has 0 aliphatic rings. The SMILES string of the molecule is CCNC(c1cc(C)c(Br)s1)c1cc(Br)c(F)cc1OC. The van der Waals surface area contributed by atoms with Gasteiger partial charge in [0, 0.05) is 16.5 Å². The van der Waals surface area contributed by atoms with Gasteiger partial charge >= 0.3 is 0 Å². The van der Waals surface area contributed by atoms with Crippen LogP contribution in [-0.2, 0) is 0 Å². The van der Waals surface area contributed by atoms with Crippen molar-refractivity contribution in [1.29, 1.82) is 0 Å². The topological polar surface area (TPSA) is 21.3 Å². The molecule has 1 unspecified atom stereocenters. The number of nitrogens with one attached hydrogen (secondary N) is 1. The number of hydrogen-bond acceptors (Lipinski definition) is 3. The normalized spacial score (nSPS) is 12.5. The number of thiophene rings is 1. The third-order valence-corrected chi connectivity index (χ3v) is 5.96. The average molecular weight is 437 g/mol. The number of methoxy groups -OCH3 is 1. The minimum atomic E-state index is -0.325. The highest BCUT2D eigenvalue weighted by atomic mass is 79.9. The lowest BCUT2D eigenvalue weighted by molar-refractivity contribution is 0.400. The average Bonchev–Trinajstić information content (AvgIpc) is 2.78. The van der Waals surface area contributed by atoms with Crippen LogP contribution >= 0.6 is 43.2 Å². The summed E-state index contributed by atoms with van der Waals surface area (Å²) in [6, 6.07) is 5.31. The predicted molar refractivity (Wildman–Crippen MR) is 92.9 cm³/mol. The van der Waals surface area contributed by atoms with Crippen molar-refractivity contribution in [1.82, 2.24) is 5.32 Å². The second kappa shape index (κ2) is 7.22. The molecule has 0 fully saturated rings. The fraction of sp³-hybridized carbons (Fsp3) is 0.333. The van der Waals surface area contributed by atoms with Gasteiger partial charge in [0.05, 0.1) is 21.4 Å². The quantitative estimate of drug-likeness (QED) is 0.674. The first-order valence-corrected chi connectivity index (χ1v) is 8.90. The summed E-state index contributed by atoms with van der Waals surface area (Å²) >= 11 is 8.49. The monoisotopic (exact) mass is 435 g/mol. The molecule has 21 heavy (non-hydrogen) atoms. The van der Waals surface area contributed by atoms with Crippen molar-refractivity contribution < 1.29 is 9.13 Å². The second-order valence-corrected chi connectivity index (χ2v) is 7.86. The maximum absolute atomic E-state index is 13.7. The standard InChI is InChI=1S/C15H16Br2FNOS/c1-4-19-14(13-5-8(2)15(17)21-13)9-6-10(16)11(18)7-12(9)20-3/h5-7,14,19H,4H2,1-3H3. The number of ether oxygens (including phenoxy) is 1. The molecule has 1 heterocycles. The zero-order valence-corrected chi connectivity index (χ0v) is 16.0. The molecule has 0 saturated heterocycles. The van der Waals surface area contributed by atoms with E-state index < -0.39 is 0 Å². The van der Waals surface area contributed by atoms with Crippen LogP contribution in [-0.4, -0.2) is 13.7 Å². The van der Waals surface area contributed by atoms with E-state index >= 15 is 0 Å². The molecule has 114 valence electrons. The van der Waals surface area contributed by atoms with Crippen molar-refractivity contribution in [2.75, 3.05) is 13.7 Å².